The number of hydrogen-bond acceptors (Lipinski definition) is 5. The van der Waals surface area contributed by atoms with Crippen molar-refractivity contribution in [1.82, 2.24) is 5.32 Å². The minimum Gasteiger partial charge on any atom is -0.394 e. The Morgan fingerprint density at radius 1 is 0.393 bits per heavy atom. The Morgan fingerprint density at radius 3 is 1.03 bits per heavy atom. The van der Waals surface area contributed by atoms with Gasteiger partial charge in [-0.2, -0.15) is 0 Å². The van der Waals surface area contributed by atoms with E-state index in [2.05, 4.69) is 67.8 Å². The maximum atomic E-state index is 12.5. The molecule has 0 aromatic heterocycles. The minimum absolute atomic E-state index is 0.350. The second-order valence-corrected chi connectivity index (χ2v) is 18.2. The van der Waals surface area contributed by atoms with Crippen LogP contribution in [-0.2, 0) is 4.79 Å². The van der Waals surface area contributed by atoms with Crippen LogP contribution < -0.4 is 5.32 Å². The van der Waals surface area contributed by atoms with Crippen molar-refractivity contribution in [1.29, 1.82) is 0 Å². The van der Waals surface area contributed by atoms with Crippen molar-refractivity contribution in [2.45, 2.75) is 289 Å². The van der Waals surface area contributed by atoms with E-state index in [0.29, 0.717) is 19.3 Å². The molecule has 0 aromatic rings. The summed E-state index contributed by atoms with van der Waals surface area (Å²) in [5.41, 5.74) is 0. The molecule has 0 aliphatic carbocycles. The van der Waals surface area contributed by atoms with Gasteiger partial charge in [0.2, 0.25) is 5.91 Å². The van der Waals surface area contributed by atoms with Crippen molar-refractivity contribution in [3.63, 3.8) is 0 Å². The zero-order valence-electron chi connectivity index (χ0n) is 40.4. The molecule has 0 saturated heterocycles. The van der Waals surface area contributed by atoms with Crippen LogP contribution in [0.2, 0.25) is 0 Å². The molecule has 0 fully saturated rings. The first-order valence-corrected chi connectivity index (χ1v) is 26.5. The smallest absolute Gasteiger partial charge is 0.249 e. The molecule has 0 heterocycles. The highest BCUT2D eigenvalue weighted by molar-refractivity contribution is 5.80. The van der Waals surface area contributed by atoms with E-state index in [1.807, 2.05) is 0 Å². The molecule has 0 aromatic carbocycles. The van der Waals surface area contributed by atoms with Crippen molar-refractivity contribution < 1.29 is 25.2 Å². The number of aliphatic hydroxyl groups is 4. The van der Waals surface area contributed by atoms with E-state index in [0.717, 1.165) is 64.2 Å². The Bertz CT molecular complexity index is 1010. The second-order valence-electron chi connectivity index (χ2n) is 18.2. The number of amides is 1. The lowest BCUT2D eigenvalue weighted by Crippen LogP contribution is -2.53. The van der Waals surface area contributed by atoms with Crippen LogP contribution >= 0.6 is 0 Å². The van der Waals surface area contributed by atoms with Gasteiger partial charge in [-0.15, -0.1) is 0 Å². The fourth-order valence-electron chi connectivity index (χ4n) is 8.02. The predicted molar refractivity (Wildman–Crippen MR) is 265 cm³/mol. The summed E-state index contributed by atoms with van der Waals surface area (Å²) < 4.78 is 0. The summed E-state index contributed by atoms with van der Waals surface area (Å²) in [4.78, 5) is 12.5. The van der Waals surface area contributed by atoms with Crippen LogP contribution in [-0.4, -0.2) is 57.3 Å². The summed E-state index contributed by atoms with van der Waals surface area (Å²) >= 11 is 0. The van der Waals surface area contributed by atoms with Gasteiger partial charge in [0.15, 0.2) is 0 Å². The van der Waals surface area contributed by atoms with Gasteiger partial charge in [0.1, 0.15) is 12.2 Å². The molecule has 0 spiro atoms. The normalized spacial score (nSPS) is 14.3. The summed E-state index contributed by atoms with van der Waals surface area (Å²) in [6, 6.07) is -1.02. The summed E-state index contributed by atoms with van der Waals surface area (Å²) in [5.74, 6) is -0.604. The second kappa shape index (κ2) is 49.3. The number of rotatable bonds is 48. The third kappa shape index (κ3) is 43.3. The van der Waals surface area contributed by atoms with Gasteiger partial charge in [-0.05, 0) is 89.9 Å². The van der Waals surface area contributed by atoms with Gasteiger partial charge in [-0.1, -0.05) is 223 Å². The molecule has 4 atom stereocenters. The third-order valence-corrected chi connectivity index (χ3v) is 12.2. The van der Waals surface area contributed by atoms with Crippen LogP contribution in [0, 0.1) is 0 Å². The largest absolute Gasteiger partial charge is 0.394 e. The topological polar surface area (TPSA) is 110 Å². The minimum atomic E-state index is -1.30. The van der Waals surface area contributed by atoms with Crippen LogP contribution in [0.4, 0.5) is 0 Å². The number of allylic oxidation sites excluding steroid dienone is 8. The molecule has 0 aliphatic rings. The van der Waals surface area contributed by atoms with Crippen LogP contribution in [0.5, 0.6) is 0 Å². The summed E-state index contributed by atoms with van der Waals surface area (Å²) in [7, 11) is 0. The van der Waals surface area contributed by atoms with Crippen molar-refractivity contribution >= 4 is 5.91 Å². The fourth-order valence-corrected chi connectivity index (χ4v) is 8.02. The molecular weight excluding hydrogens is 755 g/mol. The van der Waals surface area contributed by atoms with E-state index < -0.39 is 36.9 Å². The maximum Gasteiger partial charge on any atom is 0.249 e. The number of nitrogens with one attached hydrogen (secondary N) is 1. The molecule has 5 N–H and O–H groups in total. The molecular formula is C55H103NO5. The zero-order chi connectivity index (χ0) is 44.5. The molecule has 0 rings (SSSR count). The average Bonchev–Trinajstić information content (AvgIpc) is 3.26. The highest BCUT2D eigenvalue weighted by Crippen LogP contribution is 2.16. The van der Waals surface area contributed by atoms with Crippen LogP contribution in [0.1, 0.15) is 264 Å². The van der Waals surface area contributed by atoms with E-state index in [-0.39, 0.29) is 0 Å². The van der Waals surface area contributed by atoms with Gasteiger partial charge in [0.25, 0.3) is 0 Å². The Labute approximate surface area is 379 Å². The van der Waals surface area contributed by atoms with Gasteiger partial charge < -0.3 is 25.7 Å². The Balaban J connectivity index is 3.73. The zero-order valence-corrected chi connectivity index (χ0v) is 40.4. The molecule has 61 heavy (non-hydrogen) atoms. The quantitative estimate of drug-likeness (QED) is 0.0309. The highest BCUT2D eigenvalue weighted by atomic mass is 16.3. The van der Waals surface area contributed by atoms with E-state index in [4.69, 9.17) is 0 Å². The maximum absolute atomic E-state index is 12.5. The summed E-state index contributed by atoms with van der Waals surface area (Å²) in [5, 5.41) is 43.8. The van der Waals surface area contributed by atoms with Gasteiger partial charge in [0, 0.05) is 0 Å². The van der Waals surface area contributed by atoms with Crippen molar-refractivity contribution in [2.24, 2.45) is 0 Å². The molecule has 0 aliphatic heterocycles. The van der Waals surface area contributed by atoms with E-state index in [9.17, 15) is 25.2 Å². The molecule has 6 nitrogen and oxygen atoms in total. The van der Waals surface area contributed by atoms with Gasteiger partial charge >= 0.3 is 0 Å². The number of carbonyl (C=O) groups is 1. The number of carbonyl (C=O) groups excluding carboxylic acids is 1. The lowest BCUT2D eigenvalue weighted by atomic mass is 10.00. The molecule has 0 radical (unpaired) electrons. The Morgan fingerprint density at radius 2 is 0.689 bits per heavy atom. The van der Waals surface area contributed by atoms with Crippen molar-refractivity contribution in [2.75, 3.05) is 6.61 Å². The van der Waals surface area contributed by atoms with E-state index in [1.165, 1.54) is 167 Å². The monoisotopic (exact) mass is 858 g/mol. The summed E-state index contributed by atoms with van der Waals surface area (Å²) in [6.45, 7) is 4.04. The Kier molecular flexibility index (Phi) is 47.9. The van der Waals surface area contributed by atoms with Crippen molar-refractivity contribution in [3.8, 4) is 0 Å². The Hall–Kier alpha value is -1.73. The van der Waals surface area contributed by atoms with Crippen LogP contribution in [0.25, 0.3) is 0 Å². The lowest BCUT2D eigenvalue weighted by molar-refractivity contribution is -0.132. The summed E-state index contributed by atoms with van der Waals surface area (Å²) in [6.07, 6.45) is 61.7. The highest BCUT2D eigenvalue weighted by Gasteiger charge is 2.28. The third-order valence-electron chi connectivity index (χ3n) is 12.2. The molecule has 358 valence electrons. The van der Waals surface area contributed by atoms with Gasteiger partial charge in [-0.25, -0.2) is 0 Å². The number of aliphatic hydroxyl groups excluding tert-OH is 4. The first-order chi connectivity index (χ1) is 30.0. The number of hydrogen-bond donors (Lipinski definition) is 5. The van der Waals surface area contributed by atoms with Crippen LogP contribution in [0.3, 0.4) is 0 Å². The predicted octanol–water partition coefficient (Wildman–Crippen LogP) is 15.0. The van der Waals surface area contributed by atoms with Crippen LogP contribution in [0.15, 0.2) is 48.6 Å². The fraction of sp³-hybridized carbons (Fsp3) is 0.836. The van der Waals surface area contributed by atoms with E-state index in [1.54, 1.807) is 0 Å². The molecule has 0 bridgehead atoms. The first kappa shape index (κ1) is 59.3. The molecule has 0 saturated carbocycles. The van der Waals surface area contributed by atoms with Gasteiger partial charge in [0.05, 0.1) is 18.8 Å². The first-order valence-electron chi connectivity index (χ1n) is 26.5. The molecule has 1 amide bonds. The van der Waals surface area contributed by atoms with Crippen molar-refractivity contribution in [3.05, 3.63) is 48.6 Å². The van der Waals surface area contributed by atoms with E-state index >= 15 is 0 Å². The SMILES string of the molecule is CCCCCCCC/C=C\CCCCCCCCC(O)C(=O)NC(CO)C(O)C(O)CCC/C=C/CC/C=C/CC/C=C/CCCCCCCCCCCCCCCCCC. The number of unbranched alkanes of at least 4 members (excludes halogenated alkanes) is 31. The van der Waals surface area contributed by atoms with Gasteiger partial charge in [-0.3, -0.25) is 4.79 Å². The standard InChI is InChI=1S/C55H103NO5/c1-3-5-7-9-11-13-15-17-19-21-22-23-24-25-26-27-28-29-30-31-32-33-35-36-38-40-42-44-46-48-52(58)54(60)51(50-57)56-55(61)53(59)49-47-45-43-41-39-37-34-20-18-16-14-12-10-8-6-4-2/h18,20,29-30,33,35,40,42,51-54,57-60H,3-17,19,21-28,31-32,34,36-39,41,43-50H2,1-2H3,(H,56,61)/b20-18-,30-29+,35-33+,42-40+. The average molecular weight is 858 g/mol. The lowest BCUT2D eigenvalue weighted by Gasteiger charge is -2.27. The molecule has 4 unspecified atom stereocenters. The molecule has 6 heteroatoms.